The first-order valence-electron chi connectivity index (χ1n) is 6.82. The van der Waals surface area contributed by atoms with Gasteiger partial charge in [0.05, 0.1) is 12.7 Å². The second-order valence-corrected chi connectivity index (χ2v) is 6.60. The van der Waals surface area contributed by atoms with Gasteiger partial charge in [0.1, 0.15) is 10.6 Å². The first kappa shape index (κ1) is 15.8. The van der Waals surface area contributed by atoms with Crippen molar-refractivity contribution in [2.75, 3.05) is 17.7 Å². The molecular formula is C15H13N3O5S. The Balaban J connectivity index is 1.74. The summed E-state index contributed by atoms with van der Waals surface area (Å²) in [5, 5.41) is 5.12. The van der Waals surface area contributed by atoms with Gasteiger partial charge < -0.3 is 15.4 Å². The molecule has 3 rings (SSSR count). The third-order valence-corrected chi connectivity index (χ3v) is 4.72. The fraction of sp³-hybridized carbons (Fsp3) is 0.0667. The lowest BCUT2D eigenvalue weighted by atomic mass is 10.2. The minimum Gasteiger partial charge on any atom is -0.497 e. The highest BCUT2D eigenvalue weighted by molar-refractivity contribution is 7.90. The number of fused-ring (bicyclic) bond motifs is 1. The summed E-state index contributed by atoms with van der Waals surface area (Å²) >= 11 is 0. The summed E-state index contributed by atoms with van der Waals surface area (Å²) < 4.78 is 30.5. The molecule has 0 saturated carbocycles. The van der Waals surface area contributed by atoms with Crippen molar-refractivity contribution in [1.82, 2.24) is 4.72 Å². The number of sulfonamides is 1. The van der Waals surface area contributed by atoms with Crippen LogP contribution in [0.25, 0.3) is 0 Å². The molecule has 0 spiro atoms. The molecule has 0 bridgehead atoms. The number of hydrogen-bond acceptors (Lipinski definition) is 5. The van der Waals surface area contributed by atoms with E-state index < -0.39 is 22.0 Å². The predicted octanol–water partition coefficient (Wildman–Crippen LogP) is 1.77. The third-order valence-electron chi connectivity index (χ3n) is 3.35. The highest BCUT2D eigenvalue weighted by Gasteiger charge is 2.32. The Kier molecular flexibility index (Phi) is 3.86. The molecule has 124 valence electrons. The smallest absolute Gasteiger partial charge is 0.323 e. The number of rotatable bonds is 3. The van der Waals surface area contributed by atoms with Crippen molar-refractivity contribution in [2.24, 2.45) is 0 Å². The van der Waals surface area contributed by atoms with E-state index in [1.165, 1.54) is 25.3 Å². The Morgan fingerprint density at radius 3 is 2.33 bits per heavy atom. The summed E-state index contributed by atoms with van der Waals surface area (Å²) in [6.07, 6.45) is 0. The molecule has 2 aromatic rings. The minimum atomic E-state index is -3.86. The molecule has 3 amide bonds. The van der Waals surface area contributed by atoms with Gasteiger partial charge in [0.2, 0.25) is 0 Å². The fourth-order valence-electron chi connectivity index (χ4n) is 2.21. The van der Waals surface area contributed by atoms with Gasteiger partial charge in [0.15, 0.2) is 0 Å². The van der Waals surface area contributed by atoms with Crippen LogP contribution in [-0.2, 0) is 10.0 Å². The third kappa shape index (κ3) is 3.01. The highest BCUT2D eigenvalue weighted by Crippen LogP contribution is 2.25. The fourth-order valence-corrected chi connectivity index (χ4v) is 3.41. The van der Waals surface area contributed by atoms with Crippen LogP contribution in [0.3, 0.4) is 0 Å². The summed E-state index contributed by atoms with van der Waals surface area (Å²) in [7, 11) is -2.33. The molecule has 0 radical (unpaired) electrons. The molecule has 0 aliphatic carbocycles. The Hall–Kier alpha value is -3.07. The van der Waals surface area contributed by atoms with Gasteiger partial charge in [-0.05, 0) is 42.5 Å². The molecule has 0 atom stereocenters. The zero-order valence-electron chi connectivity index (χ0n) is 12.5. The summed E-state index contributed by atoms with van der Waals surface area (Å²) in [4.78, 5) is 23.3. The van der Waals surface area contributed by atoms with E-state index in [4.69, 9.17) is 4.74 Å². The maximum absolute atomic E-state index is 12.0. The van der Waals surface area contributed by atoms with E-state index in [0.29, 0.717) is 11.4 Å². The normalized spacial score (nSPS) is 14.5. The van der Waals surface area contributed by atoms with Crippen LogP contribution in [0.1, 0.15) is 10.4 Å². The quantitative estimate of drug-likeness (QED) is 0.783. The van der Waals surface area contributed by atoms with Crippen molar-refractivity contribution in [3.63, 3.8) is 0 Å². The maximum atomic E-state index is 12.0. The number of anilines is 2. The van der Waals surface area contributed by atoms with E-state index in [-0.39, 0.29) is 16.1 Å². The topological polar surface area (TPSA) is 114 Å². The van der Waals surface area contributed by atoms with Crippen molar-refractivity contribution in [3.05, 3.63) is 48.0 Å². The number of nitrogens with one attached hydrogen (secondary N) is 3. The van der Waals surface area contributed by atoms with Crippen LogP contribution in [0, 0.1) is 0 Å². The molecule has 0 aromatic heterocycles. The van der Waals surface area contributed by atoms with Crippen molar-refractivity contribution < 1.29 is 22.7 Å². The molecule has 1 heterocycles. The minimum absolute atomic E-state index is 0.0520. The van der Waals surface area contributed by atoms with Crippen LogP contribution in [-0.4, -0.2) is 27.5 Å². The molecule has 0 saturated heterocycles. The number of benzene rings is 2. The standard InChI is InChI=1S/C15H13N3O5S/c1-23-11-5-2-9(3-6-11)16-15(20)17-10-4-7-12-13(8-10)24(21,22)18-14(12)19/h2-8H,1H3,(H,18,19)(H2,16,17,20). The number of ether oxygens (including phenoxy) is 1. The zero-order valence-corrected chi connectivity index (χ0v) is 13.3. The van der Waals surface area contributed by atoms with E-state index in [0.717, 1.165) is 0 Å². The molecule has 0 fully saturated rings. The number of hydrogen-bond donors (Lipinski definition) is 3. The number of urea groups is 1. The van der Waals surface area contributed by atoms with Crippen LogP contribution in [0.4, 0.5) is 16.2 Å². The number of methoxy groups -OCH3 is 1. The molecule has 1 aliphatic rings. The van der Waals surface area contributed by atoms with Crippen LogP contribution in [0.15, 0.2) is 47.4 Å². The Labute approximate surface area is 137 Å². The van der Waals surface area contributed by atoms with Crippen molar-refractivity contribution in [1.29, 1.82) is 0 Å². The summed E-state index contributed by atoms with van der Waals surface area (Å²) in [5.41, 5.74) is 0.842. The molecular weight excluding hydrogens is 334 g/mol. The van der Waals surface area contributed by atoms with Crippen LogP contribution < -0.4 is 20.1 Å². The summed E-state index contributed by atoms with van der Waals surface area (Å²) in [5.74, 6) is -0.0267. The van der Waals surface area contributed by atoms with E-state index in [9.17, 15) is 18.0 Å². The summed E-state index contributed by atoms with van der Waals surface area (Å²) in [6, 6.07) is 10.2. The van der Waals surface area contributed by atoms with Gasteiger partial charge >= 0.3 is 6.03 Å². The summed E-state index contributed by atoms with van der Waals surface area (Å²) in [6.45, 7) is 0. The van der Waals surface area contributed by atoms with Crippen molar-refractivity contribution in [3.8, 4) is 5.75 Å². The highest BCUT2D eigenvalue weighted by atomic mass is 32.2. The lowest BCUT2D eigenvalue weighted by Gasteiger charge is -2.09. The second kappa shape index (κ2) is 5.85. The second-order valence-electron chi connectivity index (χ2n) is 4.95. The van der Waals surface area contributed by atoms with Crippen LogP contribution in [0.5, 0.6) is 5.75 Å². The van der Waals surface area contributed by atoms with Gasteiger partial charge in [0, 0.05) is 11.4 Å². The van der Waals surface area contributed by atoms with Gasteiger partial charge in [-0.3, -0.25) is 4.79 Å². The van der Waals surface area contributed by atoms with Gasteiger partial charge in [0.25, 0.3) is 15.9 Å². The molecule has 3 N–H and O–H groups in total. The average Bonchev–Trinajstić information content (AvgIpc) is 2.77. The Morgan fingerprint density at radius 1 is 1.04 bits per heavy atom. The van der Waals surface area contributed by atoms with Gasteiger partial charge in [-0.15, -0.1) is 0 Å². The van der Waals surface area contributed by atoms with Gasteiger partial charge in [-0.25, -0.2) is 17.9 Å². The SMILES string of the molecule is COc1ccc(NC(=O)Nc2ccc3c(c2)S(=O)(=O)NC3=O)cc1. The first-order valence-corrected chi connectivity index (χ1v) is 8.30. The number of amides is 3. The predicted molar refractivity (Wildman–Crippen MR) is 86.7 cm³/mol. The lowest BCUT2D eigenvalue weighted by Crippen LogP contribution is -2.21. The number of carbonyl (C=O) groups excluding carboxylic acids is 2. The molecule has 8 nitrogen and oxygen atoms in total. The molecule has 9 heteroatoms. The molecule has 2 aromatic carbocycles. The zero-order chi connectivity index (χ0) is 17.3. The van der Waals surface area contributed by atoms with Crippen molar-refractivity contribution in [2.45, 2.75) is 4.90 Å². The van der Waals surface area contributed by atoms with Gasteiger partial charge in [-0.2, -0.15) is 0 Å². The van der Waals surface area contributed by atoms with Gasteiger partial charge in [-0.1, -0.05) is 0 Å². The largest absolute Gasteiger partial charge is 0.497 e. The Morgan fingerprint density at radius 2 is 1.67 bits per heavy atom. The molecule has 24 heavy (non-hydrogen) atoms. The van der Waals surface area contributed by atoms with Crippen molar-refractivity contribution >= 4 is 33.3 Å². The molecule has 1 aliphatic heterocycles. The van der Waals surface area contributed by atoms with Crippen LogP contribution >= 0.6 is 0 Å². The van der Waals surface area contributed by atoms with E-state index in [1.54, 1.807) is 24.3 Å². The van der Waals surface area contributed by atoms with Crippen LogP contribution in [0.2, 0.25) is 0 Å². The monoisotopic (exact) mass is 347 g/mol. The lowest BCUT2D eigenvalue weighted by molar-refractivity contribution is 0.0985. The number of carbonyl (C=O) groups is 2. The molecule has 0 unspecified atom stereocenters. The van der Waals surface area contributed by atoms with E-state index >= 15 is 0 Å². The van der Waals surface area contributed by atoms with E-state index in [2.05, 4.69) is 10.6 Å². The van der Waals surface area contributed by atoms with E-state index in [1.807, 2.05) is 4.72 Å². The maximum Gasteiger partial charge on any atom is 0.323 e. The Bertz CT molecular complexity index is 923. The first-order chi connectivity index (χ1) is 11.4. The average molecular weight is 347 g/mol.